The molecule has 0 radical (unpaired) electrons. The molecule has 0 bridgehead atoms. The molecule has 1 aromatic rings. The highest BCUT2D eigenvalue weighted by molar-refractivity contribution is 8.13. The number of hydrogen-bond acceptors (Lipinski definition) is 5. The molecule has 0 fully saturated rings. The lowest BCUT2D eigenvalue weighted by Gasteiger charge is -2.11. The number of benzene rings is 1. The Morgan fingerprint density at radius 3 is 2.67 bits per heavy atom. The fourth-order valence-corrected chi connectivity index (χ4v) is 2.56. The van der Waals surface area contributed by atoms with Crippen LogP contribution in [0.15, 0.2) is 18.2 Å². The van der Waals surface area contributed by atoms with Crippen molar-refractivity contribution in [1.29, 1.82) is 0 Å². The van der Waals surface area contributed by atoms with Crippen LogP contribution in [0.4, 0.5) is 10.1 Å². The molecule has 118 valence electrons. The van der Waals surface area contributed by atoms with Gasteiger partial charge >= 0.3 is 5.69 Å². The van der Waals surface area contributed by atoms with Crippen molar-refractivity contribution in [2.45, 2.75) is 19.8 Å². The summed E-state index contributed by atoms with van der Waals surface area (Å²) in [7, 11) is 1.58. The van der Waals surface area contributed by atoms with Crippen molar-refractivity contribution < 1.29 is 22.5 Å². The molecule has 0 aliphatic carbocycles. The predicted octanol–water partition coefficient (Wildman–Crippen LogP) is 3.10. The lowest BCUT2D eigenvalue weighted by molar-refractivity contribution is -0.385. The molecule has 1 aromatic carbocycles. The summed E-state index contributed by atoms with van der Waals surface area (Å²) in [4.78, 5) is 10.1. The van der Waals surface area contributed by atoms with Crippen molar-refractivity contribution in [3.63, 3.8) is 0 Å². The van der Waals surface area contributed by atoms with E-state index >= 15 is 0 Å². The zero-order valence-electron chi connectivity index (χ0n) is 11.3. The summed E-state index contributed by atoms with van der Waals surface area (Å²) in [5.41, 5.74) is -0.313. The lowest BCUT2D eigenvalue weighted by Crippen LogP contribution is -2.09. The molecule has 0 saturated carbocycles. The van der Waals surface area contributed by atoms with Crippen LogP contribution in [0, 0.1) is 21.8 Å². The number of nitro benzene ring substituents is 1. The van der Waals surface area contributed by atoms with Gasteiger partial charge in [-0.05, 0) is 24.8 Å². The van der Waals surface area contributed by atoms with Gasteiger partial charge in [0.2, 0.25) is 9.05 Å². The average molecular weight is 340 g/mol. The van der Waals surface area contributed by atoms with Crippen LogP contribution in [0.25, 0.3) is 0 Å². The minimum absolute atomic E-state index is 0.00569. The molecule has 9 heteroatoms. The summed E-state index contributed by atoms with van der Waals surface area (Å²) in [6.45, 7) is 1.93. The SMILES string of the molecule is CC(CCOc1cc(F)ccc1[N+](=O)[O-])CCS(=O)(=O)Cl. The second kappa shape index (κ2) is 7.56. The summed E-state index contributed by atoms with van der Waals surface area (Å²) < 4.78 is 39.9. The summed E-state index contributed by atoms with van der Waals surface area (Å²) >= 11 is 0. The van der Waals surface area contributed by atoms with Crippen LogP contribution >= 0.6 is 10.7 Å². The van der Waals surface area contributed by atoms with Gasteiger partial charge < -0.3 is 4.74 Å². The maximum atomic E-state index is 13.1. The van der Waals surface area contributed by atoms with E-state index in [2.05, 4.69) is 0 Å². The Balaban J connectivity index is 2.52. The molecule has 0 aliphatic rings. The highest BCUT2D eigenvalue weighted by Crippen LogP contribution is 2.27. The largest absolute Gasteiger partial charge is 0.487 e. The summed E-state index contributed by atoms with van der Waals surface area (Å²) in [5, 5.41) is 10.8. The van der Waals surface area contributed by atoms with Crippen LogP contribution in [0.2, 0.25) is 0 Å². The monoisotopic (exact) mass is 339 g/mol. The Labute approximate surface area is 126 Å². The molecule has 21 heavy (non-hydrogen) atoms. The molecule has 6 nitrogen and oxygen atoms in total. The van der Waals surface area contributed by atoms with Gasteiger partial charge in [0.1, 0.15) is 5.82 Å². The minimum Gasteiger partial charge on any atom is -0.487 e. The van der Waals surface area contributed by atoms with Gasteiger partial charge in [0, 0.05) is 22.8 Å². The van der Waals surface area contributed by atoms with Crippen molar-refractivity contribution in [1.82, 2.24) is 0 Å². The molecule has 1 rings (SSSR count). The van der Waals surface area contributed by atoms with Gasteiger partial charge in [-0.2, -0.15) is 0 Å². The van der Waals surface area contributed by atoms with Gasteiger partial charge in [0.05, 0.1) is 17.3 Å². The Bertz CT molecular complexity index is 608. The molecule has 0 spiro atoms. The second-order valence-electron chi connectivity index (χ2n) is 4.64. The quantitative estimate of drug-likeness (QED) is 0.412. The van der Waals surface area contributed by atoms with E-state index in [-0.39, 0.29) is 29.7 Å². The van der Waals surface area contributed by atoms with E-state index in [1.165, 1.54) is 0 Å². The minimum atomic E-state index is -3.53. The van der Waals surface area contributed by atoms with Gasteiger partial charge in [-0.15, -0.1) is 0 Å². The second-order valence-corrected chi connectivity index (χ2v) is 7.54. The summed E-state index contributed by atoms with van der Waals surface area (Å²) in [6.07, 6.45) is 0.834. The third kappa shape index (κ3) is 6.72. The van der Waals surface area contributed by atoms with Crippen LogP contribution in [-0.2, 0) is 9.05 Å². The van der Waals surface area contributed by atoms with Crippen LogP contribution in [-0.4, -0.2) is 25.7 Å². The van der Waals surface area contributed by atoms with E-state index in [1.54, 1.807) is 0 Å². The highest BCUT2D eigenvalue weighted by atomic mass is 35.7. The first-order chi connectivity index (χ1) is 9.69. The van der Waals surface area contributed by atoms with Crippen molar-refractivity contribution in [3.05, 3.63) is 34.1 Å². The Kier molecular flexibility index (Phi) is 6.35. The molecular weight excluding hydrogens is 325 g/mol. The normalized spacial score (nSPS) is 12.9. The lowest BCUT2D eigenvalue weighted by atomic mass is 10.1. The van der Waals surface area contributed by atoms with Crippen molar-refractivity contribution >= 4 is 25.4 Å². The number of rotatable bonds is 8. The fourth-order valence-electron chi connectivity index (χ4n) is 1.61. The number of nitrogens with zero attached hydrogens (tertiary/aromatic N) is 1. The zero-order chi connectivity index (χ0) is 16.0. The Hall–Kier alpha value is -1.41. The zero-order valence-corrected chi connectivity index (χ0v) is 12.9. The molecule has 0 N–H and O–H groups in total. The van der Waals surface area contributed by atoms with Crippen molar-refractivity contribution in [3.8, 4) is 5.75 Å². The standard InChI is InChI=1S/C12H15ClFNO5S/c1-9(5-7-21(13,18)19)4-6-20-12-8-10(14)2-3-11(12)15(16)17/h2-3,8-9H,4-7H2,1H3. The molecule has 0 saturated heterocycles. The highest BCUT2D eigenvalue weighted by Gasteiger charge is 2.16. The molecule has 0 heterocycles. The summed E-state index contributed by atoms with van der Waals surface area (Å²) in [6, 6.07) is 2.97. The number of halogens is 2. The van der Waals surface area contributed by atoms with Gasteiger partial charge in [-0.3, -0.25) is 10.1 Å². The van der Waals surface area contributed by atoms with Gasteiger partial charge in [-0.25, -0.2) is 12.8 Å². The van der Waals surface area contributed by atoms with E-state index in [0.29, 0.717) is 12.8 Å². The van der Waals surface area contributed by atoms with Gasteiger partial charge in [0.15, 0.2) is 5.75 Å². The third-order valence-electron chi connectivity index (χ3n) is 2.84. The Morgan fingerprint density at radius 1 is 1.43 bits per heavy atom. The Morgan fingerprint density at radius 2 is 2.10 bits per heavy atom. The number of ether oxygens (including phenoxy) is 1. The van der Waals surface area contributed by atoms with E-state index < -0.39 is 19.8 Å². The first-order valence-corrected chi connectivity index (χ1v) is 8.66. The maximum Gasteiger partial charge on any atom is 0.311 e. The van der Waals surface area contributed by atoms with Gasteiger partial charge in [0.25, 0.3) is 0 Å². The number of hydrogen-bond donors (Lipinski definition) is 0. The average Bonchev–Trinajstić information content (AvgIpc) is 2.35. The first kappa shape index (κ1) is 17.6. The molecule has 1 atom stereocenters. The number of nitro groups is 1. The van der Waals surface area contributed by atoms with Crippen LogP contribution in [0.1, 0.15) is 19.8 Å². The maximum absolute atomic E-state index is 13.1. The van der Waals surface area contributed by atoms with Gasteiger partial charge in [-0.1, -0.05) is 6.92 Å². The van der Waals surface area contributed by atoms with E-state index in [0.717, 1.165) is 18.2 Å². The predicted molar refractivity (Wildman–Crippen MR) is 76.6 cm³/mol. The summed E-state index contributed by atoms with van der Waals surface area (Å²) in [5.74, 6) is -0.907. The fraction of sp³-hybridized carbons (Fsp3) is 0.500. The van der Waals surface area contributed by atoms with Crippen molar-refractivity contribution in [2.75, 3.05) is 12.4 Å². The third-order valence-corrected chi connectivity index (χ3v) is 4.03. The first-order valence-electron chi connectivity index (χ1n) is 6.18. The van der Waals surface area contributed by atoms with E-state index in [9.17, 15) is 22.9 Å². The molecule has 0 aliphatic heterocycles. The molecular formula is C12H15ClFNO5S. The van der Waals surface area contributed by atoms with Crippen LogP contribution in [0.5, 0.6) is 5.75 Å². The molecule has 0 aromatic heterocycles. The smallest absolute Gasteiger partial charge is 0.311 e. The van der Waals surface area contributed by atoms with Crippen LogP contribution < -0.4 is 4.74 Å². The van der Waals surface area contributed by atoms with Crippen molar-refractivity contribution in [2.24, 2.45) is 5.92 Å². The van der Waals surface area contributed by atoms with Crippen LogP contribution in [0.3, 0.4) is 0 Å². The molecule has 0 amide bonds. The molecule has 1 unspecified atom stereocenters. The topological polar surface area (TPSA) is 86.5 Å². The van der Waals surface area contributed by atoms with E-state index in [4.69, 9.17) is 15.4 Å². The van der Waals surface area contributed by atoms with E-state index in [1.807, 2.05) is 6.92 Å².